The lowest BCUT2D eigenvalue weighted by Gasteiger charge is -2.38. The van der Waals surface area contributed by atoms with E-state index in [0.29, 0.717) is 54.5 Å². The van der Waals surface area contributed by atoms with Gasteiger partial charge in [0.15, 0.2) is 5.82 Å². The van der Waals surface area contributed by atoms with E-state index in [9.17, 15) is 9.59 Å². The van der Waals surface area contributed by atoms with Crippen molar-refractivity contribution in [2.24, 2.45) is 4.99 Å². The number of rotatable bonds is 5. The third-order valence-corrected chi connectivity index (χ3v) is 6.52. The molecule has 1 amide bonds. The summed E-state index contributed by atoms with van der Waals surface area (Å²) in [6.07, 6.45) is 6.32. The standard InChI is InChI=1S/C24H23N9O3/c1-14-29-13-33(30-14)23-20-19(18(36-2)11-28-23)16(10-26-20)21(34)24(35)31-7-8-32-15(12-31)9-27-22(32)17-5-3-4-6-25-17/h3-6,10-11,13,15,26H,7-9,12H2,1-2H3. The number of amidine groups is 1. The smallest absolute Gasteiger partial charge is 0.295 e. The van der Waals surface area contributed by atoms with Gasteiger partial charge in [0.25, 0.3) is 11.7 Å². The summed E-state index contributed by atoms with van der Waals surface area (Å²) in [4.78, 5) is 51.3. The fourth-order valence-corrected chi connectivity index (χ4v) is 4.80. The number of hydrogen-bond acceptors (Lipinski definition) is 9. The molecule has 6 heterocycles. The van der Waals surface area contributed by atoms with E-state index in [4.69, 9.17) is 4.74 Å². The van der Waals surface area contributed by atoms with Gasteiger partial charge in [0.2, 0.25) is 0 Å². The molecule has 1 atom stereocenters. The minimum absolute atomic E-state index is 0.0105. The maximum atomic E-state index is 13.4. The minimum atomic E-state index is -0.608. The quantitative estimate of drug-likeness (QED) is 0.327. The van der Waals surface area contributed by atoms with E-state index in [-0.39, 0.29) is 11.6 Å². The van der Waals surface area contributed by atoms with Crippen LogP contribution in [0.25, 0.3) is 16.7 Å². The number of methoxy groups -OCH3 is 1. The predicted octanol–water partition coefficient (Wildman–Crippen LogP) is 1.01. The highest BCUT2D eigenvalue weighted by atomic mass is 16.5. The average Bonchev–Trinajstić information content (AvgIpc) is 3.65. The zero-order chi connectivity index (χ0) is 24.8. The number of nitrogens with one attached hydrogen (secondary N) is 1. The summed E-state index contributed by atoms with van der Waals surface area (Å²) in [6, 6.07) is 5.73. The van der Waals surface area contributed by atoms with Crippen molar-refractivity contribution in [1.29, 1.82) is 0 Å². The van der Waals surface area contributed by atoms with E-state index in [1.165, 1.54) is 24.2 Å². The van der Waals surface area contributed by atoms with E-state index in [1.54, 1.807) is 24.3 Å². The van der Waals surface area contributed by atoms with Gasteiger partial charge in [0.1, 0.15) is 29.4 Å². The Balaban J connectivity index is 1.26. The third kappa shape index (κ3) is 3.49. The van der Waals surface area contributed by atoms with E-state index in [0.717, 1.165) is 11.5 Å². The van der Waals surface area contributed by atoms with Gasteiger partial charge in [-0.15, -0.1) is 0 Å². The van der Waals surface area contributed by atoms with E-state index >= 15 is 0 Å². The van der Waals surface area contributed by atoms with Crippen molar-refractivity contribution >= 4 is 28.4 Å². The van der Waals surface area contributed by atoms with Gasteiger partial charge in [-0.1, -0.05) is 6.07 Å². The number of fused-ring (bicyclic) bond motifs is 2. The topological polar surface area (TPSA) is 134 Å². The number of carbonyl (C=O) groups excluding carboxylic acids is 2. The van der Waals surface area contributed by atoms with E-state index < -0.39 is 11.7 Å². The number of aromatic nitrogens is 6. The van der Waals surface area contributed by atoms with Crippen molar-refractivity contribution in [3.8, 4) is 11.6 Å². The molecule has 0 bridgehead atoms. The van der Waals surface area contributed by atoms with Crippen LogP contribution in [-0.4, -0.2) is 96.4 Å². The number of ether oxygens (including phenoxy) is 1. The molecular weight excluding hydrogens is 462 g/mol. The molecule has 1 unspecified atom stereocenters. The van der Waals surface area contributed by atoms with Gasteiger partial charge in [-0.05, 0) is 19.1 Å². The van der Waals surface area contributed by atoms with Gasteiger partial charge >= 0.3 is 0 Å². The van der Waals surface area contributed by atoms with Gasteiger partial charge < -0.3 is 19.5 Å². The second kappa shape index (κ2) is 8.56. The second-order valence-electron chi connectivity index (χ2n) is 8.65. The fraction of sp³-hybridized carbons (Fsp3) is 0.292. The number of amides is 1. The second-order valence-corrected chi connectivity index (χ2v) is 8.65. The van der Waals surface area contributed by atoms with Crippen molar-refractivity contribution < 1.29 is 14.3 Å². The van der Waals surface area contributed by atoms with Crippen LogP contribution in [0.15, 0.2) is 48.1 Å². The number of nitrogens with zero attached hydrogens (tertiary/aromatic N) is 8. The number of carbonyl (C=O) groups is 2. The summed E-state index contributed by atoms with van der Waals surface area (Å²) in [5.41, 5.74) is 1.57. The Morgan fingerprint density at radius 2 is 2.06 bits per heavy atom. The molecule has 0 aliphatic carbocycles. The monoisotopic (exact) mass is 485 g/mol. The first kappa shape index (κ1) is 21.9. The Morgan fingerprint density at radius 3 is 2.81 bits per heavy atom. The maximum absolute atomic E-state index is 13.4. The lowest BCUT2D eigenvalue weighted by atomic mass is 10.1. The zero-order valence-electron chi connectivity index (χ0n) is 19.7. The van der Waals surface area contributed by atoms with Gasteiger partial charge in [-0.3, -0.25) is 19.6 Å². The van der Waals surface area contributed by atoms with Crippen molar-refractivity contribution in [3.63, 3.8) is 0 Å². The molecule has 1 fully saturated rings. The fourth-order valence-electron chi connectivity index (χ4n) is 4.80. The van der Waals surface area contributed by atoms with Crippen molar-refractivity contribution in [2.45, 2.75) is 13.0 Å². The molecule has 2 aliphatic rings. The molecule has 1 saturated heterocycles. The Kier molecular flexibility index (Phi) is 5.20. The Labute approximate surface area is 205 Å². The van der Waals surface area contributed by atoms with Crippen LogP contribution >= 0.6 is 0 Å². The van der Waals surface area contributed by atoms with Gasteiger partial charge in [0, 0.05) is 32.0 Å². The summed E-state index contributed by atoms with van der Waals surface area (Å²) in [6.45, 7) is 3.73. The first-order chi connectivity index (χ1) is 17.5. The van der Waals surface area contributed by atoms with E-state index in [1.807, 2.05) is 18.2 Å². The lowest BCUT2D eigenvalue weighted by Crippen LogP contribution is -2.56. The molecule has 12 heteroatoms. The number of piperazine rings is 1. The van der Waals surface area contributed by atoms with Gasteiger partial charge in [-0.25, -0.2) is 14.6 Å². The summed E-state index contributed by atoms with van der Waals surface area (Å²) >= 11 is 0. The van der Waals surface area contributed by atoms with Gasteiger partial charge in [-0.2, -0.15) is 5.10 Å². The SMILES string of the molecule is COc1cnc(-n2cnc(C)n2)c2[nH]cc(C(=O)C(=O)N3CCN4C(c5ccccn5)=NCC4C3)c12. The first-order valence-corrected chi connectivity index (χ1v) is 11.5. The molecule has 0 spiro atoms. The number of aliphatic imine (C=N–C) groups is 1. The van der Waals surface area contributed by atoms with Crippen LogP contribution in [0.1, 0.15) is 21.9 Å². The highest BCUT2D eigenvalue weighted by Gasteiger charge is 2.38. The number of pyridine rings is 2. The van der Waals surface area contributed by atoms with Crippen LogP contribution in [-0.2, 0) is 4.79 Å². The van der Waals surface area contributed by atoms with Crippen molar-refractivity contribution in [2.75, 3.05) is 33.3 Å². The number of aromatic amines is 1. The van der Waals surface area contributed by atoms with Crippen LogP contribution < -0.4 is 4.74 Å². The van der Waals surface area contributed by atoms with Crippen molar-refractivity contribution in [1.82, 2.24) is 39.5 Å². The summed E-state index contributed by atoms with van der Waals surface area (Å²) < 4.78 is 6.99. The minimum Gasteiger partial charge on any atom is -0.494 e. The summed E-state index contributed by atoms with van der Waals surface area (Å²) in [7, 11) is 1.50. The molecule has 0 aromatic carbocycles. The number of ketones is 1. The number of H-pyrrole nitrogens is 1. The number of Topliss-reactive ketones (excluding diaryl/α,β-unsaturated/α-hetero) is 1. The van der Waals surface area contributed by atoms with Gasteiger partial charge in [0.05, 0.1) is 42.4 Å². The Bertz CT molecular complexity index is 1510. The van der Waals surface area contributed by atoms with Crippen LogP contribution in [0.3, 0.4) is 0 Å². The molecule has 1 N–H and O–H groups in total. The summed E-state index contributed by atoms with van der Waals surface area (Å²) in [5, 5.41) is 4.79. The number of aryl methyl sites for hydroxylation is 1. The molecule has 4 aromatic heterocycles. The highest BCUT2D eigenvalue weighted by Crippen LogP contribution is 2.32. The Hall–Kier alpha value is -4.61. The largest absolute Gasteiger partial charge is 0.494 e. The highest BCUT2D eigenvalue weighted by molar-refractivity contribution is 6.45. The van der Waals surface area contributed by atoms with Crippen molar-refractivity contribution in [3.05, 3.63) is 60.2 Å². The average molecular weight is 486 g/mol. The molecule has 6 rings (SSSR count). The predicted molar refractivity (Wildman–Crippen MR) is 129 cm³/mol. The molecule has 12 nitrogen and oxygen atoms in total. The number of hydrogen-bond donors (Lipinski definition) is 1. The van der Waals surface area contributed by atoms with Crippen LogP contribution in [0.5, 0.6) is 5.75 Å². The van der Waals surface area contributed by atoms with Crippen LogP contribution in [0.4, 0.5) is 0 Å². The van der Waals surface area contributed by atoms with E-state index in [2.05, 4.69) is 34.9 Å². The third-order valence-electron chi connectivity index (χ3n) is 6.52. The molecule has 0 radical (unpaired) electrons. The summed E-state index contributed by atoms with van der Waals surface area (Å²) in [5.74, 6) is 1.10. The lowest BCUT2D eigenvalue weighted by molar-refractivity contribution is -0.128. The van der Waals surface area contributed by atoms with Crippen LogP contribution in [0.2, 0.25) is 0 Å². The molecular formula is C24H23N9O3. The first-order valence-electron chi connectivity index (χ1n) is 11.5. The van der Waals surface area contributed by atoms with Crippen LogP contribution in [0, 0.1) is 6.92 Å². The molecule has 4 aromatic rings. The zero-order valence-corrected chi connectivity index (χ0v) is 19.7. The molecule has 182 valence electrons. The molecule has 2 aliphatic heterocycles. The molecule has 0 saturated carbocycles. The Morgan fingerprint density at radius 1 is 1.17 bits per heavy atom. The molecule has 36 heavy (non-hydrogen) atoms. The normalized spacial score (nSPS) is 17.3. The maximum Gasteiger partial charge on any atom is 0.295 e.